The summed E-state index contributed by atoms with van der Waals surface area (Å²) < 4.78 is 31.1. The van der Waals surface area contributed by atoms with E-state index in [1.165, 1.54) is 19.2 Å². The Morgan fingerprint density at radius 1 is 1.27 bits per heavy atom. The Morgan fingerprint density at radius 3 is 2.36 bits per heavy atom. The fourth-order valence-electron chi connectivity index (χ4n) is 2.87. The second-order valence-corrected chi connectivity index (χ2v) is 5.98. The maximum atomic E-state index is 13.2. The quantitative estimate of drug-likeness (QED) is 0.771. The number of hydrogen-bond donors (Lipinski definition) is 0. The van der Waals surface area contributed by atoms with Crippen molar-refractivity contribution < 1.29 is 18.3 Å². The molecule has 2 rings (SSSR count). The lowest BCUT2D eigenvalue weighted by Crippen LogP contribution is -2.33. The first-order chi connectivity index (χ1) is 10.4. The summed E-state index contributed by atoms with van der Waals surface area (Å²) >= 11 is 0. The number of halogens is 2. The number of alkyl halides is 2. The van der Waals surface area contributed by atoms with Crippen LogP contribution in [-0.2, 0) is 15.5 Å². The number of hydrogen-bond acceptors (Lipinski definition) is 3. The molecule has 0 atom stereocenters. The molecule has 1 fully saturated rings. The van der Waals surface area contributed by atoms with Crippen molar-refractivity contribution in [3.63, 3.8) is 0 Å². The number of nitrogens with zero attached hydrogens (tertiary/aromatic N) is 1. The van der Waals surface area contributed by atoms with Crippen molar-refractivity contribution in [2.75, 3.05) is 25.1 Å². The first-order valence-electron chi connectivity index (χ1n) is 7.70. The highest BCUT2D eigenvalue weighted by Gasteiger charge is 2.25. The molecule has 0 saturated carbocycles. The van der Waals surface area contributed by atoms with E-state index in [0.717, 1.165) is 45.0 Å². The summed E-state index contributed by atoms with van der Waals surface area (Å²) in [5.41, 5.74) is 1.03. The number of esters is 1. The van der Waals surface area contributed by atoms with Gasteiger partial charge >= 0.3 is 5.97 Å². The molecule has 122 valence electrons. The highest BCUT2D eigenvalue weighted by Crippen LogP contribution is 2.30. The maximum absolute atomic E-state index is 13.2. The van der Waals surface area contributed by atoms with Crippen LogP contribution in [0.5, 0.6) is 0 Å². The van der Waals surface area contributed by atoms with Gasteiger partial charge in [-0.25, -0.2) is 8.78 Å². The molecule has 0 amide bonds. The van der Waals surface area contributed by atoms with Gasteiger partial charge in [0, 0.05) is 37.7 Å². The third kappa shape index (κ3) is 4.42. The molecule has 1 heterocycles. The fourth-order valence-corrected chi connectivity index (χ4v) is 2.87. The van der Waals surface area contributed by atoms with Crippen LogP contribution in [0.15, 0.2) is 24.3 Å². The zero-order chi connectivity index (χ0) is 16.2. The summed E-state index contributed by atoms with van der Waals surface area (Å²) in [4.78, 5) is 13.4. The van der Waals surface area contributed by atoms with E-state index in [1.807, 2.05) is 0 Å². The molecule has 0 unspecified atom stereocenters. The van der Waals surface area contributed by atoms with E-state index in [4.69, 9.17) is 0 Å². The molecule has 0 spiro atoms. The Labute approximate surface area is 130 Å². The summed E-state index contributed by atoms with van der Waals surface area (Å²) in [5, 5.41) is 0. The monoisotopic (exact) mass is 311 g/mol. The molecule has 0 aliphatic carbocycles. The van der Waals surface area contributed by atoms with Gasteiger partial charge < -0.3 is 9.64 Å². The number of anilines is 1. The third-order valence-electron chi connectivity index (χ3n) is 4.34. The van der Waals surface area contributed by atoms with E-state index in [9.17, 15) is 13.6 Å². The molecule has 0 N–H and O–H groups in total. The maximum Gasteiger partial charge on any atom is 0.305 e. The lowest BCUT2D eigenvalue weighted by atomic mass is 9.92. The van der Waals surface area contributed by atoms with Crippen molar-refractivity contribution in [3.05, 3.63) is 29.8 Å². The predicted molar refractivity (Wildman–Crippen MR) is 82.2 cm³/mol. The average Bonchev–Trinajstić information content (AvgIpc) is 2.52. The summed E-state index contributed by atoms with van der Waals surface area (Å²) in [7, 11) is 1.41. The van der Waals surface area contributed by atoms with Gasteiger partial charge in [-0.05, 0) is 37.3 Å². The lowest BCUT2D eigenvalue weighted by molar-refractivity contribution is -0.141. The van der Waals surface area contributed by atoms with E-state index in [2.05, 4.69) is 9.64 Å². The van der Waals surface area contributed by atoms with Gasteiger partial charge in [0.2, 0.25) is 0 Å². The number of benzene rings is 1. The van der Waals surface area contributed by atoms with Gasteiger partial charge in [-0.2, -0.15) is 0 Å². The molecule has 1 aromatic rings. The predicted octanol–water partition coefficient (Wildman–Crippen LogP) is 3.97. The number of ether oxygens (including phenoxy) is 1. The number of carbonyl (C=O) groups excluding carboxylic acids is 1. The van der Waals surface area contributed by atoms with Crippen LogP contribution in [0.1, 0.15) is 38.2 Å². The van der Waals surface area contributed by atoms with E-state index < -0.39 is 5.92 Å². The minimum Gasteiger partial charge on any atom is -0.469 e. The summed E-state index contributed by atoms with van der Waals surface area (Å²) in [6.07, 6.45) is 3.37. The zero-order valence-corrected chi connectivity index (χ0v) is 13.1. The second kappa shape index (κ2) is 7.07. The van der Waals surface area contributed by atoms with Crippen molar-refractivity contribution in [1.82, 2.24) is 0 Å². The second-order valence-electron chi connectivity index (χ2n) is 5.98. The van der Waals surface area contributed by atoms with Gasteiger partial charge in [0.15, 0.2) is 0 Å². The van der Waals surface area contributed by atoms with E-state index in [0.29, 0.717) is 12.3 Å². The first-order valence-corrected chi connectivity index (χ1v) is 7.70. The van der Waals surface area contributed by atoms with Crippen molar-refractivity contribution in [3.8, 4) is 0 Å². The van der Waals surface area contributed by atoms with Crippen LogP contribution in [0.2, 0.25) is 0 Å². The molecule has 0 radical (unpaired) electrons. The van der Waals surface area contributed by atoms with Gasteiger partial charge in [0.1, 0.15) is 0 Å². The van der Waals surface area contributed by atoms with E-state index >= 15 is 0 Å². The van der Waals surface area contributed by atoms with Gasteiger partial charge in [0.25, 0.3) is 5.92 Å². The summed E-state index contributed by atoms with van der Waals surface area (Å²) in [5.74, 6) is -2.41. The van der Waals surface area contributed by atoms with Gasteiger partial charge in [-0.1, -0.05) is 12.1 Å². The van der Waals surface area contributed by atoms with Crippen LogP contribution in [0.4, 0.5) is 14.5 Å². The van der Waals surface area contributed by atoms with Crippen LogP contribution in [-0.4, -0.2) is 26.2 Å². The molecule has 22 heavy (non-hydrogen) atoms. The number of piperidine rings is 1. The minimum atomic E-state index is -2.79. The molecule has 0 bridgehead atoms. The SMILES string of the molecule is COC(=O)CCC1CCN(c2ccc(C(C)(F)F)cc2)CC1. The Balaban J connectivity index is 1.85. The number of rotatable bonds is 5. The van der Waals surface area contributed by atoms with Gasteiger partial charge in [0.05, 0.1) is 7.11 Å². The van der Waals surface area contributed by atoms with Crippen LogP contribution in [0.3, 0.4) is 0 Å². The molecule has 3 nitrogen and oxygen atoms in total. The van der Waals surface area contributed by atoms with Crippen molar-refractivity contribution >= 4 is 11.7 Å². The highest BCUT2D eigenvalue weighted by atomic mass is 19.3. The number of methoxy groups -OCH3 is 1. The molecular weight excluding hydrogens is 288 g/mol. The first kappa shape index (κ1) is 16.7. The lowest BCUT2D eigenvalue weighted by Gasteiger charge is -2.33. The molecule has 1 saturated heterocycles. The Kier molecular flexibility index (Phi) is 5.37. The largest absolute Gasteiger partial charge is 0.469 e. The summed E-state index contributed by atoms with van der Waals surface area (Å²) in [6, 6.07) is 6.53. The highest BCUT2D eigenvalue weighted by molar-refractivity contribution is 5.69. The number of carbonyl (C=O) groups is 1. The molecular formula is C17H23F2NO2. The molecule has 1 aliphatic heterocycles. The van der Waals surface area contributed by atoms with Crippen LogP contribution >= 0.6 is 0 Å². The topological polar surface area (TPSA) is 29.5 Å². The van der Waals surface area contributed by atoms with Crippen LogP contribution in [0.25, 0.3) is 0 Å². The Hall–Kier alpha value is -1.65. The Bertz CT molecular complexity index is 488. The van der Waals surface area contributed by atoms with E-state index in [-0.39, 0.29) is 11.5 Å². The average molecular weight is 311 g/mol. The van der Waals surface area contributed by atoms with Crippen LogP contribution < -0.4 is 4.90 Å². The van der Waals surface area contributed by atoms with Gasteiger partial charge in [-0.3, -0.25) is 4.79 Å². The molecule has 5 heteroatoms. The fraction of sp³-hybridized carbons (Fsp3) is 0.588. The zero-order valence-electron chi connectivity index (χ0n) is 13.1. The van der Waals surface area contributed by atoms with Crippen molar-refractivity contribution in [2.24, 2.45) is 5.92 Å². The van der Waals surface area contributed by atoms with Crippen molar-refractivity contribution in [2.45, 2.75) is 38.5 Å². The van der Waals surface area contributed by atoms with E-state index in [1.54, 1.807) is 12.1 Å². The van der Waals surface area contributed by atoms with Crippen molar-refractivity contribution in [1.29, 1.82) is 0 Å². The standard InChI is InChI=1S/C17H23F2NO2/c1-17(18,19)14-4-6-15(7-5-14)20-11-9-13(10-12-20)3-8-16(21)22-2/h4-7,13H,3,8-12H2,1-2H3. The summed E-state index contributed by atoms with van der Waals surface area (Å²) in [6.45, 7) is 2.70. The molecule has 1 aliphatic rings. The smallest absolute Gasteiger partial charge is 0.305 e. The van der Waals surface area contributed by atoms with Crippen LogP contribution in [0, 0.1) is 5.92 Å². The molecule has 1 aromatic carbocycles. The minimum absolute atomic E-state index is 0.0456. The molecule has 0 aromatic heterocycles. The normalized spacial score (nSPS) is 16.6. The Morgan fingerprint density at radius 2 is 1.86 bits per heavy atom. The third-order valence-corrected chi connectivity index (χ3v) is 4.34. The van der Waals surface area contributed by atoms with Gasteiger partial charge in [-0.15, -0.1) is 0 Å².